The molecule has 1 rings (SSSR count). The molecule has 0 fully saturated rings. The molecule has 1 aromatic carbocycles. The van der Waals surface area contributed by atoms with Gasteiger partial charge in [-0.05, 0) is 36.8 Å². The van der Waals surface area contributed by atoms with E-state index in [9.17, 15) is 9.50 Å². The van der Waals surface area contributed by atoms with Crippen molar-refractivity contribution in [2.45, 2.75) is 46.6 Å². The number of rotatable bonds is 3. The Morgan fingerprint density at radius 1 is 1.31 bits per heavy atom. The van der Waals surface area contributed by atoms with Crippen molar-refractivity contribution in [1.29, 1.82) is 0 Å². The Morgan fingerprint density at radius 2 is 1.94 bits per heavy atom. The maximum absolute atomic E-state index is 13.6. The second-order valence-corrected chi connectivity index (χ2v) is 5.64. The van der Waals surface area contributed by atoms with E-state index >= 15 is 0 Å². The average Bonchev–Trinajstić information content (AvgIpc) is 2.13. The van der Waals surface area contributed by atoms with Crippen LogP contribution in [0.25, 0.3) is 0 Å². The van der Waals surface area contributed by atoms with E-state index in [0.717, 1.165) is 12.0 Å². The minimum atomic E-state index is -0.695. The van der Waals surface area contributed by atoms with E-state index in [1.165, 1.54) is 6.07 Å². The highest BCUT2D eigenvalue weighted by Crippen LogP contribution is 2.28. The van der Waals surface area contributed by atoms with Gasteiger partial charge in [-0.25, -0.2) is 4.39 Å². The number of aliphatic hydroxyl groups is 1. The zero-order valence-corrected chi connectivity index (χ0v) is 10.5. The highest BCUT2D eigenvalue weighted by Gasteiger charge is 2.17. The van der Waals surface area contributed by atoms with Crippen LogP contribution in [0.4, 0.5) is 4.39 Å². The molecule has 0 saturated heterocycles. The average molecular weight is 224 g/mol. The normalized spacial score (nSPS) is 13.9. The minimum absolute atomic E-state index is 0.169. The van der Waals surface area contributed by atoms with Gasteiger partial charge in [0.2, 0.25) is 0 Å². The Bertz CT molecular complexity index is 352. The fourth-order valence-electron chi connectivity index (χ4n) is 1.63. The first-order valence-electron chi connectivity index (χ1n) is 5.74. The molecular weight excluding hydrogens is 203 g/mol. The van der Waals surface area contributed by atoms with Gasteiger partial charge in [0, 0.05) is 5.56 Å². The Kier molecular flexibility index (Phi) is 4.09. The summed E-state index contributed by atoms with van der Waals surface area (Å²) in [5.74, 6) is -0.304. The summed E-state index contributed by atoms with van der Waals surface area (Å²) in [6, 6.07) is 4.98. The first-order valence-corrected chi connectivity index (χ1v) is 5.74. The van der Waals surface area contributed by atoms with E-state index in [0.29, 0.717) is 12.0 Å². The number of hydrogen-bond donors (Lipinski definition) is 1. The summed E-state index contributed by atoms with van der Waals surface area (Å²) in [6.07, 6.45) is 0.783. The molecule has 1 nitrogen and oxygen atoms in total. The van der Waals surface area contributed by atoms with Crippen molar-refractivity contribution in [3.63, 3.8) is 0 Å². The molecule has 1 N–H and O–H groups in total. The van der Waals surface area contributed by atoms with Gasteiger partial charge in [-0.2, -0.15) is 0 Å². The lowest BCUT2D eigenvalue weighted by molar-refractivity contribution is 0.143. The van der Waals surface area contributed by atoms with Crippen LogP contribution < -0.4 is 0 Å². The first-order chi connectivity index (χ1) is 7.29. The summed E-state index contributed by atoms with van der Waals surface area (Å²) in [6.45, 7) is 8.19. The van der Waals surface area contributed by atoms with Crippen LogP contribution in [0.2, 0.25) is 0 Å². The smallest absolute Gasteiger partial charge is 0.129 e. The van der Waals surface area contributed by atoms with Crippen LogP contribution >= 0.6 is 0 Å². The third kappa shape index (κ3) is 3.93. The standard InChI is InChI=1S/C14H21FO/c1-10-5-6-11(12(15)9-10)13(16)7-8-14(2,3)4/h5-6,9,13,16H,7-8H2,1-4H3. The summed E-state index contributed by atoms with van der Waals surface area (Å²) in [5, 5.41) is 9.92. The fraction of sp³-hybridized carbons (Fsp3) is 0.571. The zero-order chi connectivity index (χ0) is 12.3. The van der Waals surface area contributed by atoms with E-state index in [-0.39, 0.29) is 11.2 Å². The molecule has 0 bridgehead atoms. The number of benzene rings is 1. The molecule has 0 amide bonds. The Balaban J connectivity index is 2.70. The van der Waals surface area contributed by atoms with Crippen molar-refractivity contribution in [3.8, 4) is 0 Å². The number of aliphatic hydroxyl groups excluding tert-OH is 1. The van der Waals surface area contributed by atoms with Gasteiger partial charge in [-0.15, -0.1) is 0 Å². The van der Waals surface area contributed by atoms with Crippen molar-refractivity contribution in [2.24, 2.45) is 5.41 Å². The van der Waals surface area contributed by atoms with Crippen LogP contribution in [-0.4, -0.2) is 5.11 Å². The molecule has 1 unspecified atom stereocenters. The molecule has 0 heterocycles. The second-order valence-electron chi connectivity index (χ2n) is 5.64. The van der Waals surface area contributed by atoms with E-state index in [1.807, 2.05) is 13.0 Å². The maximum Gasteiger partial charge on any atom is 0.129 e. The number of hydrogen-bond acceptors (Lipinski definition) is 1. The molecule has 0 aliphatic carbocycles. The SMILES string of the molecule is Cc1ccc(C(O)CCC(C)(C)C)c(F)c1. The zero-order valence-electron chi connectivity index (χ0n) is 10.5. The lowest BCUT2D eigenvalue weighted by Gasteiger charge is -2.20. The lowest BCUT2D eigenvalue weighted by atomic mass is 9.88. The predicted molar refractivity (Wildman–Crippen MR) is 64.8 cm³/mol. The Labute approximate surface area is 97.3 Å². The summed E-state index contributed by atoms with van der Waals surface area (Å²) in [7, 11) is 0. The lowest BCUT2D eigenvalue weighted by Crippen LogP contribution is -2.09. The van der Waals surface area contributed by atoms with Crippen molar-refractivity contribution in [1.82, 2.24) is 0 Å². The molecule has 1 aromatic rings. The molecule has 0 aliphatic rings. The second kappa shape index (κ2) is 4.96. The molecule has 16 heavy (non-hydrogen) atoms. The van der Waals surface area contributed by atoms with E-state index < -0.39 is 6.10 Å². The molecule has 0 radical (unpaired) electrons. The van der Waals surface area contributed by atoms with Crippen LogP contribution in [-0.2, 0) is 0 Å². The molecule has 0 spiro atoms. The summed E-state index contributed by atoms with van der Waals surface area (Å²) < 4.78 is 13.6. The van der Waals surface area contributed by atoms with Gasteiger partial charge >= 0.3 is 0 Å². The molecule has 2 heteroatoms. The maximum atomic E-state index is 13.6. The number of halogens is 1. The van der Waals surface area contributed by atoms with Crippen LogP contribution in [0.5, 0.6) is 0 Å². The molecule has 90 valence electrons. The van der Waals surface area contributed by atoms with Crippen molar-refractivity contribution >= 4 is 0 Å². The van der Waals surface area contributed by atoms with Gasteiger partial charge in [0.15, 0.2) is 0 Å². The first kappa shape index (κ1) is 13.2. The summed E-state index contributed by atoms with van der Waals surface area (Å²) >= 11 is 0. The Morgan fingerprint density at radius 3 is 2.44 bits per heavy atom. The van der Waals surface area contributed by atoms with Gasteiger partial charge in [-0.1, -0.05) is 32.9 Å². The van der Waals surface area contributed by atoms with Gasteiger partial charge in [-0.3, -0.25) is 0 Å². The predicted octanol–water partition coefficient (Wildman–Crippen LogP) is 3.99. The van der Waals surface area contributed by atoms with Crippen LogP contribution in [0.1, 0.15) is 50.8 Å². The monoisotopic (exact) mass is 224 g/mol. The van der Waals surface area contributed by atoms with E-state index in [1.54, 1.807) is 6.07 Å². The minimum Gasteiger partial charge on any atom is -0.388 e. The fourth-order valence-corrected chi connectivity index (χ4v) is 1.63. The van der Waals surface area contributed by atoms with Crippen molar-refractivity contribution < 1.29 is 9.50 Å². The molecular formula is C14H21FO. The molecule has 0 aromatic heterocycles. The van der Waals surface area contributed by atoms with E-state index in [2.05, 4.69) is 20.8 Å². The molecule has 1 atom stereocenters. The number of aryl methyl sites for hydroxylation is 1. The summed E-state index contributed by atoms with van der Waals surface area (Å²) in [5.41, 5.74) is 1.46. The van der Waals surface area contributed by atoms with Gasteiger partial charge < -0.3 is 5.11 Å². The highest BCUT2D eigenvalue weighted by molar-refractivity contribution is 5.25. The highest BCUT2D eigenvalue weighted by atomic mass is 19.1. The van der Waals surface area contributed by atoms with Crippen LogP contribution in [0.15, 0.2) is 18.2 Å². The third-order valence-corrected chi connectivity index (χ3v) is 2.68. The van der Waals surface area contributed by atoms with Crippen molar-refractivity contribution in [2.75, 3.05) is 0 Å². The third-order valence-electron chi connectivity index (χ3n) is 2.68. The largest absolute Gasteiger partial charge is 0.388 e. The summed E-state index contributed by atoms with van der Waals surface area (Å²) in [4.78, 5) is 0. The topological polar surface area (TPSA) is 20.2 Å². The Hall–Kier alpha value is -0.890. The quantitative estimate of drug-likeness (QED) is 0.823. The van der Waals surface area contributed by atoms with Crippen LogP contribution in [0, 0.1) is 18.2 Å². The van der Waals surface area contributed by atoms with Gasteiger partial charge in [0.25, 0.3) is 0 Å². The van der Waals surface area contributed by atoms with Crippen LogP contribution in [0.3, 0.4) is 0 Å². The molecule has 0 saturated carbocycles. The van der Waals surface area contributed by atoms with E-state index in [4.69, 9.17) is 0 Å². The van der Waals surface area contributed by atoms with Crippen molar-refractivity contribution in [3.05, 3.63) is 35.1 Å². The molecule has 0 aliphatic heterocycles. The van der Waals surface area contributed by atoms with Gasteiger partial charge in [0.05, 0.1) is 6.10 Å². The van der Waals surface area contributed by atoms with Gasteiger partial charge in [0.1, 0.15) is 5.82 Å².